The second-order valence-electron chi connectivity index (χ2n) is 3.54. The number of nitrogens with zero attached hydrogens (tertiary/aromatic N) is 2. The zero-order valence-electron chi connectivity index (χ0n) is 8.81. The number of anilines is 1. The van der Waals surface area contributed by atoms with Crippen molar-refractivity contribution in [3.05, 3.63) is 42.0 Å². The second kappa shape index (κ2) is 4.22. The Bertz CT molecular complexity index is 496. The third kappa shape index (κ3) is 2.31. The highest BCUT2D eigenvalue weighted by atomic mass is 19.1. The van der Waals surface area contributed by atoms with Gasteiger partial charge in [0.05, 0.1) is 6.20 Å². The van der Waals surface area contributed by atoms with E-state index in [1.54, 1.807) is 16.9 Å². The molecule has 0 bridgehead atoms. The van der Waals surface area contributed by atoms with E-state index in [1.807, 2.05) is 13.2 Å². The van der Waals surface area contributed by atoms with Gasteiger partial charge < -0.3 is 10.4 Å². The van der Waals surface area contributed by atoms with Crippen LogP contribution in [-0.4, -0.2) is 14.9 Å². The first-order valence-electron chi connectivity index (χ1n) is 4.85. The molecule has 0 aliphatic rings. The van der Waals surface area contributed by atoms with E-state index in [9.17, 15) is 4.39 Å². The number of aromatic nitrogens is 2. The molecule has 0 aliphatic carbocycles. The topological polar surface area (TPSA) is 50.1 Å². The number of benzene rings is 1. The highest BCUT2D eigenvalue weighted by molar-refractivity contribution is 5.47. The fourth-order valence-corrected chi connectivity index (χ4v) is 1.38. The van der Waals surface area contributed by atoms with Gasteiger partial charge in [-0.3, -0.25) is 4.68 Å². The minimum absolute atomic E-state index is 0.341. The lowest BCUT2D eigenvalue weighted by atomic mass is 10.2. The lowest BCUT2D eigenvalue weighted by Gasteiger charge is -2.05. The van der Waals surface area contributed by atoms with Crippen molar-refractivity contribution in [2.24, 2.45) is 7.05 Å². The third-order valence-electron chi connectivity index (χ3n) is 2.20. The van der Waals surface area contributed by atoms with E-state index in [2.05, 4.69) is 10.4 Å². The lowest BCUT2D eigenvalue weighted by Crippen LogP contribution is -1.98. The van der Waals surface area contributed by atoms with Crippen molar-refractivity contribution >= 4 is 5.69 Å². The fourth-order valence-electron chi connectivity index (χ4n) is 1.38. The number of aryl methyl sites for hydroxylation is 1. The number of halogens is 1. The molecule has 0 radical (unpaired) electrons. The first-order valence-corrected chi connectivity index (χ1v) is 4.85. The summed E-state index contributed by atoms with van der Waals surface area (Å²) in [6, 6.07) is 4.20. The largest absolute Gasteiger partial charge is 0.505 e. The molecular formula is C11H12FN3O. The summed E-state index contributed by atoms with van der Waals surface area (Å²) in [5.41, 5.74) is 1.63. The predicted octanol–water partition coefficient (Wildman–Crippen LogP) is 1.88. The van der Waals surface area contributed by atoms with E-state index < -0.39 is 5.82 Å². The number of hydrogen-bond donors (Lipinski definition) is 2. The van der Waals surface area contributed by atoms with E-state index in [4.69, 9.17) is 5.11 Å². The maximum atomic E-state index is 13.0. The van der Waals surface area contributed by atoms with Crippen molar-refractivity contribution in [2.75, 3.05) is 5.32 Å². The molecule has 0 saturated heterocycles. The number of phenols is 1. The Morgan fingerprint density at radius 2 is 2.31 bits per heavy atom. The monoisotopic (exact) mass is 221 g/mol. The van der Waals surface area contributed by atoms with Crippen LogP contribution in [0, 0.1) is 5.82 Å². The van der Waals surface area contributed by atoms with Crippen LogP contribution in [-0.2, 0) is 13.6 Å². The van der Waals surface area contributed by atoms with E-state index in [0.29, 0.717) is 12.2 Å². The van der Waals surface area contributed by atoms with E-state index in [-0.39, 0.29) is 5.75 Å². The molecule has 0 unspecified atom stereocenters. The van der Waals surface area contributed by atoms with Gasteiger partial charge in [0.2, 0.25) is 0 Å². The van der Waals surface area contributed by atoms with Gasteiger partial charge in [-0.25, -0.2) is 4.39 Å². The first-order chi connectivity index (χ1) is 7.65. The van der Waals surface area contributed by atoms with Crippen molar-refractivity contribution in [2.45, 2.75) is 6.54 Å². The van der Waals surface area contributed by atoms with Crippen LogP contribution in [0.25, 0.3) is 0 Å². The summed E-state index contributed by atoms with van der Waals surface area (Å²) in [7, 11) is 1.84. The minimum Gasteiger partial charge on any atom is -0.505 e. The molecule has 0 atom stereocenters. The van der Waals surface area contributed by atoms with Crippen LogP contribution in [0.1, 0.15) is 5.56 Å². The average Bonchev–Trinajstić information content (AvgIpc) is 2.66. The summed E-state index contributed by atoms with van der Waals surface area (Å²) in [5.74, 6) is -0.969. The second-order valence-corrected chi connectivity index (χ2v) is 3.54. The van der Waals surface area contributed by atoms with Crippen molar-refractivity contribution in [3.63, 3.8) is 0 Å². The molecule has 2 aromatic rings. The van der Waals surface area contributed by atoms with Gasteiger partial charge in [0.1, 0.15) is 0 Å². The Morgan fingerprint density at radius 1 is 1.50 bits per heavy atom. The summed E-state index contributed by atoms with van der Waals surface area (Å²) >= 11 is 0. The molecule has 4 nitrogen and oxygen atoms in total. The lowest BCUT2D eigenvalue weighted by molar-refractivity contribution is 0.432. The van der Waals surface area contributed by atoms with Gasteiger partial charge in [-0.1, -0.05) is 0 Å². The van der Waals surface area contributed by atoms with Crippen LogP contribution >= 0.6 is 0 Å². The van der Waals surface area contributed by atoms with Gasteiger partial charge in [0, 0.05) is 37.1 Å². The van der Waals surface area contributed by atoms with Crippen LogP contribution < -0.4 is 5.32 Å². The van der Waals surface area contributed by atoms with Crippen molar-refractivity contribution < 1.29 is 9.50 Å². The Morgan fingerprint density at radius 3 is 2.94 bits per heavy atom. The van der Waals surface area contributed by atoms with E-state index >= 15 is 0 Å². The van der Waals surface area contributed by atoms with Crippen molar-refractivity contribution in [1.82, 2.24) is 9.78 Å². The van der Waals surface area contributed by atoms with Gasteiger partial charge in [0.15, 0.2) is 11.6 Å². The molecule has 1 aromatic carbocycles. The van der Waals surface area contributed by atoms with Crippen LogP contribution in [0.4, 0.5) is 10.1 Å². The highest BCUT2D eigenvalue weighted by Crippen LogP contribution is 2.19. The average molecular weight is 221 g/mol. The molecule has 0 spiro atoms. The molecule has 5 heteroatoms. The number of aromatic hydroxyl groups is 1. The van der Waals surface area contributed by atoms with Gasteiger partial charge in [-0.05, 0) is 12.1 Å². The Kier molecular flexibility index (Phi) is 2.76. The minimum atomic E-state index is -0.629. The maximum Gasteiger partial charge on any atom is 0.166 e. The van der Waals surface area contributed by atoms with Crippen LogP contribution in [0.15, 0.2) is 30.6 Å². The molecule has 0 fully saturated rings. The number of nitrogens with one attached hydrogen (secondary N) is 1. The Hall–Kier alpha value is -2.04. The van der Waals surface area contributed by atoms with Gasteiger partial charge in [-0.15, -0.1) is 0 Å². The van der Waals surface area contributed by atoms with Crippen LogP contribution in [0.3, 0.4) is 0 Å². The summed E-state index contributed by atoms with van der Waals surface area (Å²) in [5, 5.41) is 16.1. The number of phenolic OH excluding ortho intramolecular Hbond substituents is 1. The molecule has 2 rings (SSSR count). The molecule has 1 aromatic heterocycles. The summed E-state index contributed by atoms with van der Waals surface area (Å²) in [4.78, 5) is 0. The zero-order chi connectivity index (χ0) is 11.5. The normalized spacial score (nSPS) is 10.4. The third-order valence-corrected chi connectivity index (χ3v) is 2.20. The fraction of sp³-hybridized carbons (Fsp3) is 0.182. The van der Waals surface area contributed by atoms with Crippen LogP contribution in [0.5, 0.6) is 5.75 Å². The molecule has 16 heavy (non-hydrogen) atoms. The predicted molar refractivity (Wildman–Crippen MR) is 58.6 cm³/mol. The first kappa shape index (κ1) is 10.5. The summed E-state index contributed by atoms with van der Waals surface area (Å²) in [6.45, 7) is 0.568. The molecular weight excluding hydrogens is 209 g/mol. The number of hydrogen-bond acceptors (Lipinski definition) is 3. The van der Waals surface area contributed by atoms with Gasteiger partial charge in [-0.2, -0.15) is 5.10 Å². The molecule has 0 saturated carbocycles. The van der Waals surface area contributed by atoms with Crippen molar-refractivity contribution in [3.8, 4) is 5.75 Å². The van der Waals surface area contributed by atoms with E-state index in [0.717, 1.165) is 5.56 Å². The van der Waals surface area contributed by atoms with Crippen molar-refractivity contribution in [1.29, 1.82) is 0 Å². The maximum absolute atomic E-state index is 13.0. The van der Waals surface area contributed by atoms with E-state index in [1.165, 1.54) is 12.1 Å². The van der Waals surface area contributed by atoms with Gasteiger partial charge in [0.25, 0.3) is 0 Å². The Balaban J connectivity index is 2.02. The zero-order valence-corrected chi connectivity index (χ0v) is 8.81. The molecule has 84 valence electrons. The Labute approximate surface area is 92.3 Å². The highest BCUT2D eigenvalue weighted by Gasteiger charge is 2.01. The quantitative estimate of drug-likeness (QED) is 0.778. The van der Waals surface area contributed by atoms with Gasteiger partial charge >= 0.3 is 0 Å². The SMILES string of the molecule is Cn1cc(CNc2ccc(O)c(F)c2)cn1. The summed E-state index contributed by atoms with van der Waals surface area (Å²) < 4.78 is 14.7. The number of rotatable bonds is 3. The standard InChI is InChI=1S/C11H12FN3O/c1-15-7-8(6-14-15)5-13-9-2-3-11(16)10(12)4-9/h2-4,6-7,13,16H,5H2,1H3. The molecule has 0 aliphatic heterocycles. The summed E-state index contributed by atoms with van der Waals surface area (Å²) in [6.07, 6.45) is 3.62. The molecule has 2 N–H and O–H groups in total. The van der Waals surface area contributed by atoms with Crippen LogP contribution in [0.2, 0.25) is 0 Å². The molecule has 0 amide bonds. The smallest absolute Gasteiger partial charge is 0.166 e. The molecule has 1 heterocycles.